The largest absolute Gasteiger partial charge is 0.481 e. The molecule has 0 spiro atoms. The number of aryl methyl sites for hydroxylation is 1. The lowest BCUT2D eigenvalue weighted by atomic mass is 10.1. The third kappa shape index (κ3) is 3.91. The van der Waals surface area contributed by atoms with E-state index in [0.717, 1.165) is 12.8 Å². The molecule has 6 nitrogen and oxygen atoms in total. The average molecular weight is 294 g/mol. The zero-order chi connectivity index (χ0) is 15.4. The molecule has 0 aliphatic heterocycles. The van der Waals surface area contributed by atoms with Crippen LogP contribution >= 0.6 is 0 Å². The smallest absolute Gasteiger partial charge is 0.348 e. The van der Waals surface area contributed by atoms with E-state index in [9.17, 15) is 9.59 Å². The van der Waals surface area contributed by atoms with Crippen LogP contribution in [0.15, 0.2) is 4.79 Å². The highest BCUT2D eigenvalue weighted by Gasteiger charge is 2.17. The Labute approximate surface area is 123 Å². The van der Waals surface area contributed by atoms with E-state index in [1.165, 1.54) is 17.4 Å². The molecule has 1 aliphatic carbocycles. The normalized spacial score (nSPS) is 15.5. The first kappa shape index (κ1) is 15.7. The third-order valence-electron chi connectivity index (χ3n) is 4.07. The van der Waals surface area contributed by atoms with Crippen molar-refractivity contribution in [1.29, 1.82) is 0 Å². The number of ether oxygens (including phenoxy) is 1. The molecule has 1 saturated carbocycles. The van der Waals surface area contributed by atoms with E-state index in [2.05, 4.69) is 4.98 Å². The van der Waals surface area contributed by atoms with Crippen molar-refractivity contribution < 1.29 is 14.6 Å². The molecule has 2 rings (SSSR count). The van der Waals surface area contributed by atoms with Gasteiger partial charge in [0.15, 0.2) is 0 Å². The Bertz CT molecular complexity index is 574. The van der Waals surface area contributed by atoms with Crippen molar-refractivity contribution in [2.75, 3.05) is 6.61 Å². The predicted molar refractivity (Wildman–Crippen MR) is 77.5 cm³/mol. The summed E-state index contributed by atoms with van der Waals surface area (Å²) >= 11 is 0. The quantitative estimate of drug-likeness (QED) is 0.858. The van der Waals surface area contributed by atoms with Crippen LogP contribution in [0.2, 0.25) is 0 Å². The molecule has 116 valence electrons. The van der Waals surface area contributed by atoms with Gasteiger partial charge in [-0.1, -0.05) is 12.8 Å². The summed E-state index contributed by atoms with van der Waals surface area (Å²) in [6.07, 6.45) is 4.78. The Morgan fingerprint density at radius 3 is 2.67 bits per heavy atom. The van der Waals surface area contributed by atoms with Gasteiger partial charge in [-0.2, -0.15) is 4.98 Å². The molecule has 1 N–H and O–H groups in total. The van der Waals surface area contributed by atoms with Gasteiger partial charge >= 0.3 is 11.7 Å². The van der Waals surface area contributed by atoms with E-state index in [-0.39, 0.29) is 12.1 Å². The fourth-order valence-corrected chi connectivity index (χ4v) is 2.88. The first-order valence-electron chi connectivity index (χ1n) is 7.39. The van der Waals surface area contributed by atoms with Crippen LogP contribution in [-0.2, 0) is 22.5 Å². The Balaban J connectivity index is 2.10. The Morgan fingerprint density at radius 1 is 1.38 bits per heavy atom. The fraction of sp³-hybridized carbons (Fsp3) is 0.667. The van der Waals surface area contributed by atoms with Gasteiger partial charge in [0.25, 0.3) is 0 Å². The van der Waals surface area contributed by atoms with E-state index in [4.69, 9.17) is 9.84 Å². The van der Waals surface area contributed by atoms with Gasteiger partial charge < -0.3 is 9.84 Å². The van der Waals surface area contributed by atoms with E-state index in [1.54, 1.807) is 13.8 Å². The van der Waals surface area contributed by atoms with Gasteiger partial charge in [0.2, 0.25) is 0 Å². The number of carboxylic acid groups (broad SMARTS) is 1. The molecule has 1 aromatic heterocycles. The molecule has 1 heterocycles. The lowest BCUT2D eigenvalue weighted by Gasteiger charge is -2.16. The van der Waals surface area contributed by atoms with Crippen molar-refractivity contribution in [3.8, 4) is 0 Å². The highest BCUT2D eigenvalue weighted by molar-refractivity contribution is 5.70. The van der Waals surface area contributed by atoms with Crippen LogP contribution in [0.4, 0.5) is 0 Å². The highest BCUT2D eigenvalue weighted by atomic mass is 16.5. The molecule has 0 bridgehead atoms. The highest BCUT2D eigenvalue weighted by Crippen LogP contribution is 2.20. The molecule has 0 aromatic carbocycles. The molecular formula is C15H22N2O4. The van der Waals surface area contributed by atoms with Crippen LogP contribution in [-0.4, -0.2) is 33.3 Å². The van der Waals surface area contributed by atoms with E-state index >= 15 is 0 Å². The van der Waals surface area contributed by atoms with Gasteiger partial charge in [0.05, 0.1) is 25.7 Å². The second-order valence-electron chi connectivity index (χ2n) is 5.54. The van der Waals surface area contributed by atoms with Crippen LogP contribution in [0.3, 0.4) is 0 Å². The summed E-state index contributed by atoms with van der Waals surface area (Å²) in [6.45, 7) is 4.32. The van der Waals surface area contributed by atoms with Crippen LogP contribution in [0.25, 0.3) is 0 Å². The van der Waals surface area contributed by atoms with E-state index in [0.29, 0.717) is 36.2 Å². The summed E-state index contributed by atoms with van der Waals surface area (Å²) in [5.74, 6) is -0.921. The standard InChI is InChI=1S/C15H22N2O4/c1-10-13(9-14(18)19)11(2)17(15(20)16-10)7-8-21-12-5-3-4-6-12/h12H,3-9H2,1-2H3,(H,18,19). The molecule has 1 aliphatic rings. The molecule has 1 fully saturated rings. The molecule has 21 heavy (non-hydrogen) atoms. The minimum absolute atomic E-state index is 0.117. The third-order valence-corrected chi connectivity index (χ3v) is 4.07. The van der Waals surface area contributed by atoms with Crippen LogP contribution < -0.4 is 5.69 Å². The number of hydrogen-bond acceptors (Lipinski definition) is 4. The van der Waals surface area contributed by atoms with Crippen molar-refractivity contribution in [2.24, 2.45) is 0 Å². The number of carbonyl (C=O) groups is 1. The minimum atomic E-state index is -0.921. The Kier molecular flexibility index (Phi) is 5.12. The van der Waals surface area contributed by atoms with Crippen molar-refractivity contribution in [2.45, 2.75) is 58.6 Å². The predicted octanol–water partition coefficient (Wildman–Crippen LogP) is 1.45. The van der Waals surface area contributed by atoms with Gasteiger partial charge in [-0.3, -0.25) is 9.36 Å². The molecule has 0 unspecified atom stereocenters. The average Bonchev–Trinajstić information content (AvgIpc) is 2.91. The minimum Gasteiger partial charge on any atom is -0.481 e. The number of aromatic nitrogens is 2. The van der Waals surface area contributed by atoms with Gasteiger partial charge in [-0.25, -0.2) is 4.79 Å². The number of nitrogens with zero attached hydrogens (tertiary/aromatic N) is 2. The second-order valence-corrected chi connectivity index (χ2v) is 5.54. The lowest BCUT2D eigenvalue weighted by molar-refractivity contribution is -0.136. The zero-order valence-electron chi connectivity index (χ0n) is 12.6. The van der Waals surface area contributed by atoms with Gasteiger partial charge in [-0.05, 0) is 26.7 Å². The topological polar surface area (TPSA) is 81.4 Å². The summed E-state index contributed by atoms with van der Waals surface area (Å²) in [5, 5.41) is 8.96. The van der Waals surface area contributed by atoms with Crippen molar-refractivity contribution in [3.63, 3.8) is 0 Å². The zero-order valence-corrected chi connectivity index (χ0v) is 12.6. The summed E-state index contributed by atoms with van der Waals surface area (Å²) in [5.41, 5.74) is 1.44. The van der Waals surface area contributed by atoms with Crippen molar-refractivity contribution >= 4 is 5.97 Å². The van der Waals surface area contributed by atoms with E-state index in [1.807, 2.05) is 0 Å². The number of aliphatic carboxylic acids is 1. The van der Waals surface area contributed by atoms with Crippen molar-refractivity contribution in [3.05, 3.63) is 27.4 Å². The number of hydrogen-bond donors (Lipinski definition) is 1. The Hall–Kier alpha value is -1.69. The maximum absolute atomic E-state index is 12.0. The first-order chi connectivity index (χ1) is 9.99. The lowest BCUT2D eigenvalue weighted by Crippen LogP contribution is -2.30. The van der Waals surface area contributed by atoms with Crippen LogP contribution in [0.1, 0.15) is 42.6 Å². The summed E-state index contributed by atoms with van der Waals surface area (Å²) in [4.78, 5) is 26.8. The summed E-state index contributed by atoms with van der Waals surface area (Å²) < 4.78 is 7.28. The maximum Gasteiger partial charge on any atom is 0.348 e. The maximum atomic E-state index is 12.0. The fourth-order valence-electron chi connectivity index (χ4n) is 2.88. The van der Waals surface area contributed by atoms with E-state index < -0.39 is 5.97 Å². The molecule has 0 atom stereocenters. The molecule has 0 amide bonds. The summed E-state index contributed by atoms with van der Waals surface area (Å²) in [7, 11) is 0. The molecular weight excluding hydrogens is 272 g/mol. The first-order valence-corrected chi connectivity index (χ1v) is 7.39. The number of rotatable bonds is 6. The van der Waals surface area contributed by atoms with Crippen molar-refractivity contribution in [1.82, 2.24) is 9.55 Å². The van der Waals surface area contributed by atoms with Crippen LogP contribution in [0.5, 0.6) is 0 Å². The molecule has 6 heteroatoms. The van der Waals surface area contributed by atoms with Gasteiger partial charge in [0.1, 0.15) is 0 Å². The molecule has 1 aromatic rings. The Morgan fingerprint density at radius 2 is 2.05 bits per heavy atom. The second kappa shape index (κ2) is 6.85. The summed E-state index contributed by atoms with van der Waals surface area (Å²) in [6, 6.07) is 0. The van der Waals surface area contributed by atoms with Crippen LogP contribution in [0, 0.1) is 13.8 Å². The van der Waals surface area contributed by atoms with Gasteiger partial charge in [0, 0.05) is 17.0 Å². The van der Waals surface area contributed by atoms with Gasteiger partial charge in [-0.15, -0.1) is 0 Å². The SMILES string of the molecule is Cc1nc(=O)n(CCOC2CCCC2)c(C)c1CC(=O)O. The monoisotopic (exact) mass is 294 g/mol. The molecule has 0 radical (unpaired) electrons. The number of carboxylic acids is 1. The molecule has 0 saturated heterocycles.